The van der Waals surface area contributed by atoms with Crippen molar-refractivity contribution in [3.8, 4) is 0 Å². The molecule has 0 radical (unpaired) electrons. The van der Waals surface area contributed by atoms with E-state index in [9.17, 15) is 9.59 Å². The number of carbonyl (C=O) groups is 2. The van der Waals surface area contributed by atoms with Crippen LogP contribution in [0.3, 0.4) is 0 Å². The zero-order valence-corrected chi connectivity index (χ0v) is 10.0. The van der Waals surface area contributed by atoms with Crippen LogP contribution in [0.15, 0.2) is 30.3 Å². The number of hydrogen-bond acceptors (Lipinski definition) is 3. The third-order valence-electron chi connectivity index (χ3n) is 3.03. The van der Waals surface area contributed by atoms with E-state index in [4.69, 9.17) is 10.5 Å². The molecule has 5 heteroatoms. The van der Waals surface area contributed by atoms with Gasteiger partial charge in [-0.3, -0.25) is 0 Å². The molecule has 1 aliphatic heterocycles. The second kappa shape index (κ2) is 5.53. The first-order chi connectivity index (χ1) is 8.68. The lowest BCUT2D eigenvalue weighted by atomic mass is 10.2. The molecule has 2 amide bonds. The lowest BCUT2D eigenvalue weighted by molar-refractivity contribution is -0.149. The monoisotopic (exact) mass is 248 g/mol. The number of rotatable bonds is 3. The maximum Gasteiger partial charge on any atom is 0.329 e. The standard InChI is InChI=1S/C13H16N2O3/c14-13(17)15-8-4-7-11(15)12(16)18-9-10-5-2-1-3-6-10/h1-3,5-6,11H,4,7-9H2,(H2,14,17). The summed E-state index contributed by atoms with van der Waals surface area (Å²) in [5.41, 5.74) is 6.14. The molecule has 1 aromatic carbocycles. The summed E-state index contributed by atoms with van der Waals surface area (Å²) < 4.78 is 5.20. The molecule has 18 heavy (non-hydrogen) atoms. The Morgan fingerprint density at radius 3 is 2.72 bits per heavy atom. The molecule has 0 bridgehead atoms. The molecule has 1 aromatic rings. The number of ether oxygens (including phenoxy) is 1. The molecule has 1 aliphatic rings. The average Bonchev–Trinajstić information content (AvgIpc) is 2.86. The number of benzene rings is 1. The highest BCUT2D eigenvalue weighted by molar-refractivity contribution is 5.83. The molecule has 5 nitrogen and oxygen atoms in total. The van der Waals surface area contributed by atoms with Gasteiger partial charge in [0.2, 0.25) is 0 Å². The minimum Gasteiger partial charge on any atom is -0.459 e. The van der Waals surface area contributed by atoms with Gasteiger partial charge in [-0.25, -0.2) is 9.59 Å². The average molecular weight is 248 g/mol. The topological polar surface area (TPSA) is 72.6 Å². The fourth-order valence-corrected chi connectivity index (χ4v) is 2.10. The largest absolute Gasteiger partial charge is 0.459 e. The van der Waals surface area contributed by atoms with Crippen molar-refractivity contribution in [1.82, 2.24) is 4.90 Å². The fraction of sp³-hybridized carbons (Fsp3) is 0.385. The summed E-state index contributed by atoms with van der Waals surface area (Å²) in [5, 5.41) is 0. The van der Waals surface area contributed by atoms with Gasteiger partial charge in [0.25, 0.3) is 0 Å². The lowest BCUT2D eigenvalue weighted by Crippen LogP contribution is -2.44. The minimum absolute atomic E-state index is 0.225. The van der Waals surface area contributed by atoms with E-state index in [0.717, 1.165) is 12.0 Å². The van der Waals surface area contributed by atoms with Gasteiger partial charge in [0.15, 0.2) is 0 Å². The summed E-state index contributed by atoms with van der Waals surface area (Å²) in [6, 6.07) is 8.35. The smallest absolute Gasteiger partial charge is 0.329 e. The fourth-order valence-electron chi connectivity index (χ4n) is 2.10. The van der Waals surface area contributed by atoms with Gasteiger partial charge in [-0.1, -0.05) is 30.3 Å². The van der Waals surface area contributed by atoms with E-state index in [1.807, 2.05) is 30.3 Å². The number of nitrogens with zero attached hydrogens (tertiary/aromatic N) is 1. The van der Waals surface area contributed by atoms with Gasteiger partial charge in [0.05, 0.1) is 0 Å². The quantitative estimate of drug-likeness (QED) is 0.819. The summed E-state index contributed by atoms with van der Waals surface area (Å²) in [6.45, 7) is 0.753. The molecular formula is C13H16N2O3. The van der Waals surface area contributed by atoms with E-state index in [1.54, 1.807) is 0 Å². The Hall–Kier alpha value is -2.04. The number of hydrogen-bond donors (Lipinski definition) is 1. The molecule has 96 valence electrons. The van der Waals surface area contributed by atoms with Crippen LogP contribution in [0, 0.1) is 0 Å². The van der Waals surface area contributed by atoms with Crippen molar-refractivity contribution < 1.29 is 14.3 Å². The second-order valence-corrected chi connectivity index (χ2v) is 4.28. The summed E-state index contributed by atoms with van der Waals surface area (Å²) in [5.74, 6) is -0.379. The molecule has 0 aromatic heterocycles. The summed E-state index contributed by atoms with van der Waals surface area (Å²) in [6.07, 6.45) is 1.41. The minimum atomic E-state index is -0.561. The van der Waals surface area contributed by atoms with Crippen LogP contribution < -0.4 is 5.73 Å². The van der Waals surface area contributed by atoms with Crippen molar-refractivity contribution in [2.24, 2.45) is 5.73 Å². The van der Waals surface area contributed by atoms with Crippen LogP contribution >= 0.6 is 0 Å². The van der Waals surface area contributed by atoms with Crippen LogP contribution in [-0.4, -0.2) is 29.5 Å². The third kappa shape index (κ3) is 2.80. The maximum absolute atomic E-state index is 11.9. The van der Waals surface area contributed by atoms with Gasteiger partial charge in [0.1, 0.15) is 12.6 Å². The predicted octanol–water partition coefficient (Wildman–Crippen LogP) is 1.27. The van der Waals surface area contributed by atoms with Crippen LogP contribution in [0.5, 0.6) is 0 Å². The van der Waals surface area contributed by atoms with Crippen molar-refractivity contribution in [3.05, 3.63) is 35.9 Å². The molecule has 1 unspecified atom stereocenters. The van der Waals surface area contributed by atoms with E-state index in [2.05, 4.69) is 0 Å². The molecule has 1 fully saturated rings. The second-order valence-electron chi connectivity index (χ2n) is 4.28. The number of primary amides is 1. The Morgan fingerprint density at radius 1 is 1.33 bits per heavy atom. The van der Waals surface area contributed by atoms with Crippen LogP contribution in [0.1, 0.15) is 18.4 Å². The summed E-state index contributed by atoms with van der Waals surface area (Å²) >= 11 is 0. The van der Waals surface area contributed by atoms with Crippen LogP contribution in [0.2, 0.25) is 0 Å². The Morgan fingerprint density at radius 2 is 2.06 bits per heavy atom. The molecule has 0 saturated carbocycles. The molecule has 2 N–H and O–H groups in total. The van der Waals surface area contributed by atoms with Gasteiger partial charge in [-0.05, 0) is 18.4 Å². The number of amides is 2. The molecule has 2 rings (SSSR count). The van der Waals surface area contributed by atoms with E-state index in [0.29, 0.717) is 13.0 Å². The van der Waals surface area contributed by atoms with E-state index in [-0.39, 0.29) is 12.6 Å². The highest BCUT2D eigenvalue weighted by Gasteiger charge is 2.34. The molecule has 1 heterocycles. The Kier molecular flexibility index (Phi) is 3.82. The number of likely N-dealkylation sites (tertiary alicyclic amines) is 1. The number of esters is 1. The highest BCUT2D eigenvalue weighted by atomic mass is 16.5. The van der Waals surface area contributed by atoms with Gasteiger partial charge < -0.3 is 15.4 Å². The Labute approximate surface area is 106 Å². The first-order valence-corrected chi connectivity index (χ1v) is 5.95. The van der Waals surface area contributed by atoms with Gasteiger partial charge in [-0.2, -0.15) is 0 Å². The lowest BCUT2D eigenvalue weighted by Gasteiger charge is -2.20. The number of nitrogens with two attached hydrogens (primary N) is 1. The highest BCUT2D eigenvalue weighted by Crippen LogP contribution is 2.18. The Balaban J connectivity index is 1.90. The Bertz CT molecular complexity index is 433. The molecular weight excluding hydrogens is 232 g/mol. The van der Waals surface area contributed by atoms with E-state index >= 15 is 0 Å². The molecule has 1 saturated heterocycles. The van der Waals surface area contributed by atoms with E-state index in [1.165, 1.54) is 4.90 Å². The van der Waals surface area contributed by atoms with Gasteiger partial charge in [-0.15, -0.1) is 0 Å². The normalized spacial score (nSPS) is 18.7. The van der Waals surface area contributed by atoms with Gasteiger partial charge >= 0.3 is 12.0 Å². The zero-order chi connectivity index (χ0) is 13.0. The van der Waals surface area contributed by atoms with E-state index < -0.39 is 12.1 Å². The van der Waals surface area contributed by atoms with Crippen LogP contribution in [-0.2, 0) is 16.1 Å². The van der Waals surface area contributed by atoms with Crippen LogP contribution in [0.25, 0.3) is 0 Å². The maximum atomic E-state index is 11.9. The first kappa shape index (κ1) is 12.4. The van der Waals surface area contributed by atoms with Crippen LogP contribution in [0.4, 0.5) is 4.79 Å². The van der Waals surface area contributed by atoms with Crippen molar-refractivity contribution in [1.29, 1.82) is 0 Å². The van der Waals surface area contributed by atoms with Crippen molar-refractivity contribution in [3.63, 3.8) is 0 Å². The third-order valence-corrected chi connectivity index (χ3v) is 3.03. The summed E-state index contributed by atoms with van der Waals surface area (Å²) in [4.78, 5) is 24.4. The molecule has 0 spiro atoms. The molecule has 0 aliphatic carbocycles. The zero-order valence-electron chi connectivity index (χ0n) is 10.0. The predicted molar refractivity (Wildman–Crippen MR) is 65.5 cm³/mol. The van der Waals surface area contributed by atoms with Gasteiger partial charge in [0, 0.05) is 6.54 Å². The number of carbonyl (C=O) groups excluding carboxylic acids is 2. The first-order valence-electron chi connectivity index (χ1n) is 5.95. The van der Waals surface area contributed by atoms with Crippen molar-refractivity contribution >= 4 is 12.0 Å². The van der Waals surface area contributed by atoms with Crippen molar-refractivity contribution in [2.45, 2.75) is 25.5 Å². The summed E-state index contributed by atoms with van der Waals surface area (Å²) in [7, 11) is 0. The SMILES string of the molecule is NC(=O)N1CCCC1C(=O)OCc1ccccc1. The molecule has 1 atom stereocenters. The number of urea groups is 1. The van der Waals surface area contributed by atoms with Crippen molar-refractivity contribution in [2.75, 3.05) is 6.54 Å².